The zero-order valence-corrected chi connectivity index (χ0v) is 9.92. The van der Waals surface area contributed by atoms with E-state index in [1.165, 1.54) is 18.9 Å². The molecule has 0 aromatic heterocycles. The summed E-state index contributed by atoms with van der Waals surface area (Å²) in [6.07, 6.45) is 2.53. The highest BCUT2D eigenvalue weighted by Crippen LogP contribution is 2.18. The predicted molar refractivity (Wildman–Crippen MR) is 66.2 cm³/mol. The largest absolute Gasteiger partial charge is 0.372 e. The van der Waals surface area contributed by atoms with Crippen LogP contribution in [0.25, 0.3) is 0 Å². The van der Waals surface area contributed by atoms with E-state index in [0.717, 1.165) is 12.1 Å². The molecule has 0 atom stereocenters. The van der Waals surface area contributed by atoms with Crippen LogP contribution in [0.4, 0.5) is 4.39 Å². The number of benzene rings is 1. The van der Waals surface area contributed by atoms with Gasteiger partial charge in [0.1, 0.15) is 5.82 Å². The second-order valence-corrected chi connectivity index (χ2v) is 4.49. The van der Waals surface area contributed by atoms with E-state index in [4.69, 9.17) is 4.74 Å². The van der Waals surface area contributed by atoms with E-state index in [0.29, 0.717) is 24.8 Å². The number of hydrogen-bond donors (Lipinski definition) is 1. The van der Waals surface area contributed by atoms with E-state index < -0.39 is 0 Å². The molecule has 2 rings (SSSR count). The Labute approximate surface area is 101 Å². The van der Waals surface area contributed by atoms with Gasteiger partial charge in [0.25, 0.3) is 0 Å². The molecule has 3 heteroatoms. The van der Waals surface area contributed by atoms with Crippen LogP contribution < -0.4 is 5.32 Å². The Hall–Kier alpha value is -1.19. The molecule has 0 heterocycles. The van der Waals surface area contributed by atoms with Crippen molar-refractivity contribution in [3.8, 4) is 0 Å². The van der Waals surface area contributed by atoms with Crippen molar-refractivity contribution in [3.63, 3.8) is 0 Å². The Kier molecular flexibility index (Phi) is 4.29. The van der Waals surface area contributed by atoms with Crippen molar-refractivity contribution in [2.24, 2.45) is 0 Å². The van der Waals surface area contributed by atoms with Gasteiger partial charge in [-0.2, -0.15) is 0 Å². The first-order valence-corrected chi connectivity index (χ1v) is 5.97. The lowest BCUT2D eigenvalue weighted by Gasteiger charge is -2.08. The fraction of sp³-hybridized carbons (Fsp3) is 0.429. The monoisotopic (exact) mass is 235 g/mol. The van der Waals surface area contributed by atoms with Crippen LogP contribution in [0.5, 0.6) is 0 Å². The fourth-order valence-corrected chi connectivity index (χ4v) is 1.55. The quantitative estimate of drug-likeness (QED) is 0.734. The van der Waals surface area contributed by atoms with Crippen molar-refractivity contribution in [3.05, 3.63) is 47.8 Å². The summed E-state index contributed by atoms with van der Waals surface area (Å²) in [4.78, 5) is 0. The molecule has 0 saturated heterocycles. The van der Waals surface area contributed by atoms with E-state index in [1.54, 1.807) is 12.1 Å². The lowest BCUT2D eigenvalue weighted by Crippen LogP contribution is -2.20. The zero-order valence-electron chi connectivity index (χ0n) is 9.92. The van der Waals surface area contributed by atoms with Crippen LogP contribution in [0, 0.1) is 5.82 Å². The third-order valence-electron chi connectivity index (χ3n) is 2.74. The normalized spacial score (nSPS) is 14.9. The Morgan fingerprint density at radius 2 is 2.18 bits per heavy atom. The molecule has 0 bridgehead atoms. The van der Waals surface area contributed by atoms with Crippen molar-refractivity contribution < 1.29 is 9.13 Å². The molecule has 0 aliphatic heterocycles. The maximum absolute atomic E-state index is 13.3. The van der Waals surface area contributed by atoms with Gasteiger partial charge in [0.2, 0.25) is 0 Å². The molecule has 0 spiro atoms. The molecule has 1 aromatic carbocycles. The summed E-state index contributed by atoms with van der Waals surface area (Å²) < 4.78 is 18.7. The number of ether oxygens (including phenoxy) is 1. The highest BCUT2D eigenvalue weighted by molar-refractivity contribution is 5.16. The maximum Gasteiger partial charge on any atom is 0.128 e. The van der Waals surface area contributed by atoms with Crippen LogP contribution in [0.3, 0.4) is 0 Å². The van der Waals surface area contributed by atoms with E-state index in [9.17, 15) is 4.39 Å². The molecule has 2 nitrogen and oxygen atoms in total. The van der Waals surface area contributed by atoms with Crippen molar-refractivity contribution in [1.29, 1.82) is 0 Å². The van der Waals surface area contributed by atoms with Crippen LogP contribution in [0.15, 0.2) is 36.4 Å². The first-order valence-electron chi connectivity index (χ1n) is 5.97. The highest BCUT2D eigenvalue weighted by atomic mass is 19.1. The molecule has 1 fully saturated rings. The lowest BCUT2D eigenvalue weighted by atomic mass is 10.2. The second kappa shape index (κ2) is 5.94. The van der Waals surface area contributed by atoms with E-state index >= 15 is 0 Å². The van der Waals surface area contributed by atoms with Gasteiger partial charge in [0.05, 0.1) is 13.2 Å². The Morgan fingerprint density at radius 3 is 2.88 bits per heavy atom. The summed E-state index contributed by atoms with van der Waals surface area (Å²) in [5, 5.41) is 3.36. The minimum atomic E-state index is -0.214. The minimum Gasteiger partial charge on any atom is -0.372 e. The van der Waals surface area contributed by atoms with Crippen LogP contribution in [-0.2, 0) is 11.3 Å². The average Bonchev–Trinajstić information content (AvgIpc) is 3.13. The Morgan fingerprint density at radius 1 is 1.41 bits per heavy atom. The van der Waals surface area contributed by atoms with E-state index in [-0.39, 0.29) is 5.82 Å². The second-order valence-electron chi connectivity index (χ2n) is 4.49. The number of halogens is 1. The maximum atomic E-state index is 13.3. The molecule has 1 aliphatic carbocycles. The Bertz CT molecular complexity index is 388. The summed E-state index contributed by atoms with van der Waals surface area (Å²) in [5.74, 6) is -0.214. The summed E-state index contributed by atoms with van der Waals surface area (Å²) in [6, 6.07) is 7.35. The van der Waals surface area contributed by atoms with Gasteiger partial charge >= 0.3 is 0 Å². The van der Waals surface area contributed by atoms with Crippen LogP contribution in [0.2, 0.25) is 0 Å². The van der Waals surface area contributed by atoms with Gasteiger partial charge in [-0.25, -0.2) is 4.39 Å². The molecule has 1 aromatic rings. The van der Waals surface area contributed by atoms with Crippen LogP contribution >= 0.6 is 0 Å². The zero-order chi connectivity index (χ0) is 12.1. The topological polar surface area (TPSA) is 21.3 Å². The molecule has 1 N–H and O–H groups in total. The van der Waals surface area contributed by atoms with Crippen molar-refractivity contribution in [2.45, 2.75) is 25.5 Å². The first kappa shape index (κ1) is 12.3. The molecular weight excluding hydrogens is 217 g/mol. The smallest absolute Gasteiger partial charge is 0.128 e. The standard InChI is InChI=1S/C14H18FNO/c1-11(8-16-13-6-7-13)9-17-10-12-4-2-3-5-14(12)15/h2-5,13,16H,1,6-10H2. The number of rotatable bonds is 7. The molecule has 0 unspecified atom stereocenters. The summed E-state index contributed by atoms with van der Waals surface area (Å²) >= 11 is 0. The minimum absolute atomic E-state index is 0.214. The molecule has 0 amide bonds. The molecule has 1 aliphatic rings. The number of hydrogen-bond acceptors (Lipinski definition) is 2. The first-order chi connectivity index (χ1) is 8.25. The summed E-state index contributed by atoms with van der Waals surface area (Å²) in [5.41, 5.74) is 1.60. The third kappa shape index (κ3) is 4.29. The molecular formula is C14H18FNO. The van der Waals surface area contributed by atoms with Gasteiger partial charge in [0, 0.05) is 18.2 Å². The van der Waals surface area contributed by atoms with Crippen LogP contribution in [0.1, 0.15) is 18.4 Å². The van der Waals surface area contributed by atoms with Crippen molar-refractivity contribution in [1.82, 2.24) is 5.32 Å². The van der Waals surface area contributed by atoms with Crippen molar-refractivity contribution >= 4 is 0 Å². The predicted octanol–water partition coefficient (Wildman–Crippen LogP) is 2.65. The van der Waals surface area contributed by atoms with Gasteiger partial charge in [-0.3, -0.25) is 0 Å². The van der Waals surface area contributed by atoms with Crippen molar-refractivity contribution in [2.75, 3.05) is 13.2 Å². The SMILES string of the molecule is C=C(CNC1CC1)COCc1ccccc1F. The van der Waals surface area contributed by atoms with Gasteiger partial charge in [-0.15, -0.1) is 0 Å². The van der Waals surface area contributed by atoms with Gasteiger partial charge in [0.15, 0.2) is 0 Å². The highest BCUT2D eigenvalue weighted by Gasteiger charge is 2.19. The molecule has 17 heavy (non-hydrogen) atoms. The van der Waals surface area contributed by atoms with E-state index in [1.807, 2.05) is 6.07 Å². The Balaban J connectivity index is 1.64. The molecule has 92 valence electrons. The van der Waals surface area contributed by atoms with Gasteiger partial charge in [-0.05, 0) is 24.5 Å². The molecule has 1 saturated carbocycles. The lowest BCUT2D eigenvalue weighted by molar-refractivity contribution is 0.138. The van der Waals surface area contributed by atoms with Gasteiger partial charge < -0.3 is 10.1 Å². The van der Waals surface area contributed by atoms with E-state index in [2.05, 4.69) is 11.9 Å². The van der Waals surface area contributed by atoms with Crippen LogP contribution in [-0.4, -0.2) is 19.2 Å². The van der Waals surface area contributed by atoms with Gasteiger partial charge in [-0.1, -0.05) is 24.8 Å². The number of nitrogens with one attached hydrogen (secondary N) is 1. The average molecular weight is 235 g/mol. The molecule has 0 radical (unpaired) electrons. The summed E-state index contributed by atoms with van der Waals surface area (Å²) in [6.45, 7) is 5.50. The summed E-state index contributed by atoms with van der Waals surface area (Å²) in [7, 11) is 0. The fourth-order valence-electron chi connectivity index (χ4n) is 1.55. The third-order valence-corrected chi connectivity index (χ3v) is 2.74.